The van der Waals surface area contributed by atoms with E-state index < -0.39 is 0 Å². The molecular formula is C41H25BN2OS. The number of rotatable bonds is 0. The molecule has 3 nitrogen and oxygen atoms in total. The molecule has 0 N–H and O–H groups in total. The summed E-state index contributed by atoms with van der Waals surface area (Å²) >= 11 is 1.88. The van der Waals surface area contributed by atoms with Crippen LogP contribution in [0.3, 0.4) is 0 Å². The van der Waals surface area contributed by atoms with Gasteiger partial charge in [0.2, 0.25) is 0 Å². The van der Waals surface area contributed by atoms with E-state index in [1.54, 1.807) is 0 Å². The summed E-state index contributed by atoms with van der Waals surface area (Å²) in [6, 6.07) is 42.8. The van der Waals surface area contributed by atoms with Crippen LogP contribution in [-0.2, 0) is 5.41 Å². The molecule has 0 spiro atoms. The lowest BCUT2D eigenvalue weighted by molar-refractivity contribution is 0.632. The molecule has 4 aliphatic rings. The quantitative estimate of drug-likeness (QED) is 0.161. The third-order valence-corrected chi connectivity index (χ3v) is 12.2. The Morgan fingerprint density at radius 1 is 0.674 bits per heavy atom. The van der Waals surface area contributed by atoms with Crippen LogP contribution < -0.4 is 15.8 Å². The van der Waals surface area contributed by atoms with Gasteiger partial charge in [-0.15, -0.1) is 0 Å². The molecule has 6 aromatic carbocycles. The van der Waals surface area contributed by atoms with E-state index in [4.69, 9.17) is 4.42 Å². The highest BCUT2D eigenvalue weighted by Crippen LogP contribution is 2.58. The van der Waals surface area contributed by atoms with Gasteiger partial charge in [-0.05, 0) is 57.9 Å². The van der Waals surface area contributed by atoms with Crippen molar-refractivity contribution in [3.63, 3.8) is 0 Å². The third-order valence-electron chi connectivity index (χ3n) is 11.1. The fourth-order valence-electron chi connectivity index (χ4n) is 9.38. The van der Waals surface area contributed by atoms with Gasteiger partial charge >= 0.3 is 6.85 Å². The fourth-order valence-corrected chi connectivity index (χ4v) is 10.5. The standard InChI is InChI=1S/C41H25BN2OS/c1-41(2)28-15-5-3-12-24(28)34-25-14-9-13-23-26-21-27-22-11-4-7-18-31(22)45-39(27)38-35(26)42(44(36(23)25)40(34)41)29-16-10-20-33-37(29)43(38)30-17-6-8-19-32(30)46-33/h3-21H,1-2H3. The first kappa shape index (κ1) is 24.2. The van der Waals surface area contributed by atoms with E-state index in [2.05, 4.69) is 138 Å². The average Bonchev–Trinajstić information content (AvgIpc) is 3.71. The van der Waals surface area contributed by atoms with Crippen LogP contribution in [0, 0.1) is 0 Å². The minimum atomic E-state index is -0.156. The molecule has 5 heteroatoms. The Kier molecular flexibility index (Phi) is 4.10. The first-order valence-electron chi connectivity index (χ1n) is 16.1. The Labute approximate surface area is 270 Å². The fraction of sp³-hybridized carbons (Fsp3) is 0.0732. The zero-order valence-corrected chi connectivity index (χ0v) is 26.1. The van der Waals surface area contributed by atoms with Crippen LogP contribution in [0.4, 0.5) is 17.1 Å². The number of para-hydroxylation sites is 4. The first-order valence-corrected chi connectivity index (χ1v) is 16.9. The van der Waals surface area contributed by atoms with Gasteiger partial charge in [-0.1, -0.05) is 111 Å². The minimum absolute atomic E-state index is 0.00871. The molecule has 46 heavy (non-hydrogen) atoms. The summed E-state index contributed by atoms with van der Waals surface area (Å²) in [4.78, 5) is 5.09. The highest BCUT2D eigenvalue weighted by molar-refractivity contribution is 7.99. The maximum absolute atomic E-state index is 6.92. The summed E-state index contributed by atoms with van der Waals surface area (Å²) in [5, 5.41) is 3.69. The van der Waals surface area contributed by atoms with Crippen molar-refractivity contribution >= 4 is 79.4 Å². The van der Waals surface area contributed by atoms with Gasteiger partial charge in [0.1, 0.15) is 5.58 Å². The van der Waals surface area contributed by atoms with Crippen LogP contribution in [0.25, 0.3) is 55.1 Å². The predicted octanol–water partition coefficient (Wildman–Crippen LogP) is 9.73. The topological polar surface area (TPSA) is 21.3 Å². The second-order valence-electron chi connectivity index (χ2n) is 13.6. The van der Waals surface area contributed by atoms with Crippen LogP contribution in [0.1, 0.15) is 25.1 Å². The second-order valence-corrected chi connectivity index (χ2v) is 14.7. The average molecular weight is 605 g/mol. The Morgan fingerprint density at radius 3 is 2.39 bits per heavy atom. The molecule has 0 fully saturated rings. The van der Waals surface area contributed by atoms with Gasteiger partial charge in [-0.3, -0.25) is 0 Å². The maximum atomic E-state index is 6.92. The van der Waals surface area contributed by atoms with E-state index >= 15 is 0 Å². The number of nitrogens with zero attached hydrogens (tertiary/aromatic N) is 2. The van der Waals surface area contributed by atoms with Crippen molar-refractivity contribution in [1.29, 1.82) is 0 Å². The molecule has 8 aromatic rings. The summed E-state index contributed by atoms with van der Waals surface area (Å²) in [5.41, 5.74) is 17.7. The zero-order chi connectivity index (χ0) is 30.1. The summed E-state index contributed by atoms with van der Waals surface area (Å²) < 4.78 is 9.65. The van der Waals surface area contributed by atoms with Gasteiger partial charge in [-0.2, -0.15) is 0 Å². The number of benzene rings is 6. The molecule has 0 atom stereocenters. The van der Waals surface area contributed by atoms with E-state index in [-0.39, 0.29) is 12.3 Å². The van der Waals surface area contributed by atoms with Crippen LogP contribution >= 0.6 is 11.8 Å². The molecule has 3 aliphatic heterocycles. The Balaban J connectivity index is 1.33. The van der Waals surface area contributed by atoms with Gasteiger partial charge in [-0.25, -0.2) is 0 Å². The van der Waals surface area contributed by atoms with Crippen LogP contribution in [0.5, 0.6) is 0 Å². The lowest BCUT2D eigenvalue weighted by atomic mass is 9.44. The smallest absolute Gasteiger partial charge is 0.333 e. The van der Waals surface area contributed by atoms with E-state index in [1.807, 2.05) is 11.8 Å². The van der Waals surface area contributed by atoms with Gasteiger partial charge in [0.15, 0.2) is 5.58 Å². The van der Waals surface area contributed by atoms with Crippen molar-refractivity contribution in [2.75, 3.05) is 4.90 Å². The molecule has 0 unspecified atom stereocenters. The highest BCUT2D eigenvalue weighted by atomic mass is 32.2. The number of aromatic nitrogens is 1. The molecule has 0 bridgehead atoms. The normalized spacial score (nSPS) is 15.6. The molecule has 5 heterocycles. The molecule has 2 aromatic heterocycles. The molecule has 0 saturated carbocycles. The van der Waals surface area contributed by atoms with Crippen LogP contribution in [0.2, 0.25) is 0 Å². The van der Waals surface area contributed by atoms with Crippen molar-refractivity contribution in [3.05, 3.63) is 127 Å². The SMILES string of the molecule is CC1(C)c2ccccc2-c2c1n1c3c(cccc23)-c2cc3c(oc4ccccc43)c3c2B1c1cccc2c1N3c1ccccc1S2. The van der Waals surface area contributed by atoms with Crippen molar-refractivity contribution in [1.82, 2.24) is 4.48 Å². The lowest BCUT2D eigenvalue weighted by Gasteiger charge is -2.44. The molecule has 0 saturated heterocycles. The molecule has 1 aliphatic carbocycles. The number of anilines is 3. The maximum Gasteiger partial charge on any atom is 0.333 e. The molecule has 0 radical (unpaired) electrons. The van der Waals surface area contributed by atoms with Gasteiger partial charge < -0.3 is 13.8 Å². The molecule has 0 amide bonds. The second kappa shape index (κ2) is 7.80. The van der Waals surface area contributed by atoms with E-state index in [1.165, 1.54) is 87.6 Å². The number of hydrogen-bond donors (Lipinski definition) is 0. The third kappa shape index (κ3) is 2.55. The van der Waals surface area contributed by atoms with Gasteiger partial charge in [0, 0.05) is 53.7 Å². The van der Waals surface area contributed by atoms with Crippen molar-refractivity contribution in [3.8, 4) is 22.3 Å². The summed E-state index contributed by atoms with van der Waals surface area (Å²) in [7, 11) is 0. The number of furan rings is 1. The lowest BCUT2D eigenvalue weighted by Crippen LogP contribution is -2.58. The first-order chi connectivity index (χ1) is 22.6. The largest absolute Gasteiger partial charge is 0.454 e. The highest BCUT2D eigenvalue weighted by Gasteiger charge is 2.50. The molecular weight excluding hydrogens is 579 g/mol. The summed E-state index contributed by atoms with van der Waals surface area (Å²) in [6.07, 6.45) is 0. The molecule has 12 rings (SSSR count). The Bertz CT molecular complexity index is 2730. The van der Waals surface area contributed by atoms with E-state index in [0.29, 0.717) is 0 Å². The number of fused-ring (bicyclic) bond motifs is 15. The minimum Gasteiger partial charge on any atom is -0.454 e. The van der Waals surface area contributed by atoms with Crippen molar-refractivity contribution < 1.29 is 4.42 Å². The van der Waals surface area contributed by atoms with Crippen molar-refractivity contribution in [2.45, 2.75) is 29.1 Å². The van der Waals surface area contributed by atoms with Crippen molar-refractivity contribution in [2.24, 2.45) is 0 Å². The monoisotopic (exact) mass is 604 g/mol. The number of hydrogen-bond acceptors (Lipinski definition) is 3. The van der Waals surface area contributed by atoms with Gasteiger partial charge in [0.05, 0.1) is 17.1 Å². The summed E-state index contributed by atoms with van der Waals surface area (Å²) in [6.45, 7) is 4.84. The predicted molar refractivity (Wildman–Crippen MR) is 191 cm³/mol. The zero-order valence-electron chi connectivity index (χ0n) is 25.3. The van der Waals surface area contributed by atoms with Crippen LogP contribution in [0.15, 0.2) is 129 Å². The van der Waals surface area contributed by atoms with E-state index in [9.17, 15) is 0 Å². The molecule has 214 valence electrons. The Morgan fingerprint density at radius 2 is 1.43 bits per heavy atom. The summed E-state index contributed by atoms with van der Waals surface area (Å²) in [5.74, 6) is 0. The van der Waals surface area contributed by atoms with Crippen LogP contribution in [-0.4, -0.2) is 11.3 Å². The Hall–Kier alpha value is -5.13. The van der Waals surface area contributed by atoms with E-state index in [0.717, 1.165) is 16.6 Å². The van der Waals surface area contributed by atoms with Gasteiger partial charge in [0.25, 0.3) is 0 Å².